The van der Waals surface area contributed by atoms with Crippen LogP contribution in [0.3, 0.4) is 0 Å². The molecule has 6 heteroatoms. The van der Waals surface area contributed by atoms with E-state index < -0.39 is 17.3 Å². The summed E-state index contributed by atoms with van der Waals surface area (Å²) in [6, 6.07) is 5.17. The van der Waals surface area contributed by atoms with Gasteiger partial charge in [-0.15, -0.1) is 0 Å². The minimum absolute atomic E-state index is 0.205. The van der Waals surface area contributed by atoms with E-state index in [4.69, 9.17) is 0 Å². The molecule has 1 aliphatic rings. The second-order valence-corrected chi connectivity index (χ2v) is 4.48. The zero-order chi connectivity index (χ0) is 14.3. The van der Waals surface area contributed by atoms with Crippen molar-refractivity contribution in [2.24, 2.45) is 4.99 Å². The molecule has 102 valence electrons. The fourth-order valence-electron chi connectivity index (χ4n) is 2.25. The van der Waals surface area contributed by atoms with Gasteiger partial charge in [-0.25, -0.2) is 0 Å². The summed E-state index contributed by atoms with van der Waals surface area (Å²) in [7, 11) is 0. The number of alkyl halides is 3. The first-order chi connectivity index (χ1) is 9.47. The summed E-state index contributed by atoms with van der Waals surface area (Å²) < 4.78 is 38.8. The minimum atomic E-state index is -4.45. The molecule has 0 atom stereocenters. The number of halogens is 3. The van der Waals surface area contributed by atoms with Gasteiger partial charge in [-0.05, 0) is 35.4 Å². The Bertz CT molecular complexity index is 760. The average Bonchev–Trinajstić information content (AvgIpc) is 2.85. The van der Waals surface area contributed by atoms with Gasteiger partial charge in [-0.3, -0.25) is 9.79 Å². The summed E-state index contributed by atoms with van der Waals surface area (Å²) in [5.41, 5.74) is 0.350. The molecule has 1 aliphatic heterocycles. The van der Waals surface area contributed by atoms with Gasteiger partial charge in [0.25, 0.3) is 5.56 Å². The van der Waals surface area contributed by atoms with Crippen LogP contribution in [0.4, 0.5) is 13.2 Å². The van der Waals surface area contributed by atoms with Crippen molar-refractivity contribution in [3.05, 3.63) is 57.5 Å². The summed E-state index contributed by atoms with van der Waals surface area (Å²) in [6.45, 7) is 0.205. The van der Waals surface area contributed by atoms with Gasteiger partial charge in [0.1, 0.15) is 0 Å². The van der Waals surface area contributed by atoms with Crippen molar-refractivity contribution in [1.82, 2.24) is 4.98 Å². The number of aliphatic imine (C=N–C) groups is 1. The fourth-order valence-corrected chi connectivity index (χ4v) is 2.25. The van der Waals surface area contributed by atoms with Crippen molar-refractivity contribution in [3.63, 3.8) is 0 Å². The lowest BCUT2D eigenvalue weighted by Gasteiger charge is -2.12. The molecule has 3 nitrogen and oxygen atoms in total. The molecule has 2 heterocycles. The fraction of sp³-hybridized carbons (Fsp3) is 0.143. The number of hydrogen-bond acceptors (Lipinski definition) is 2. The number of aromatic amines is 1. The van der Waals surface area contributed by atoms with E-state index >= 15 is 0 Å². The number of fused-ring (bicyclic) bond motifs is 1. The van der Waals surface area contributed by atoms with Crippen molar-refractivity contribution < 1.29 is 13.2 Å². The zero-order valence-corrected chi connectivity index (χ0v) is 10.2. The van der Waals surface area contributed by atoms with Gasteiger partial charge in [0, 0.05) is 23.5 Å². The molecule has 1 aromatic heterocycles. The summed E-state index contributed by atoms with van der Waals surface area (Å²) in [4.78, 5) is 18.3. The first-order valence-corrected chi connectivity index (χ1v) is 5.89. The second kappa shape index (κ2) is 4.33. The van der Waals surface area contributed by atoms with Crippen LogP contribution in [-0.2, 0) is 12.7 Å². The highest BCUT2D eigenvalue weighted by atomic mass is 19.4. The molecule has 0 aliphatic carbocycles. The van der Waals surface area contributed by atoms with E-state index in [1.165, 1.54) is 18.5 Å². The Morgan fingerprint density at radius 1 is 1.20 bits per heavy atom. The Kier molecular flexibility index (Phi) is 2.74. The van der Waals surface area contributed by atoms with E-state index in [2.05, 4.69) is 9.98 Å². The molecular formula is C14H9F3N2O. The van der Waals surface area contributed by atoms with Crippen molar-refractivity contribution in [1.29, 1.82) is 0 Å². The van der Waals surface area contributed by atoms with Crippen LogP contribution in [-0.4, -0.2) is 11.2 Å². The lowest BCUT2D eigenvalue weighted by atomic mass is 9.95. The van der Waals surface area contributed by atoms with Crippen molar-refractivity contribution in [2.75, 3.05) is 0 Å². The van der Waals surface area contributed by atoms with E-state index in [0.717, 1.165) is 12.1 Å². The van der Waals surface area contributed by atoms with E-state index in [1.807, 2.05) is 0 Å². The number of rotatable bonds is 1. The highest BCUT2D eigenvalue weighted by Crippen LogP contribution is 2.36. The standard InChI is InChI=1S/C14H9F3N2O/c15-14(16,17)9-4-8-6-18-7-12(8)11(5-9)10-2-1-3-19-13(10)20/h1-5,7H,6H2,(H,19,20). The van der Waals surface area contributed by atoms with Crippen LogP contribution < -0.4 is 5.56 Å². The third-order valence-electron chi connectivity index (χ3n) is 3.18. The smallest absolute Gasteiger partial charge is 0.329 e. The molecule has 0 spiro atoms. The van der Waals surface area contributed by atoms with Crippen LogP contribution in [0.5, 0.6) is 0 Å². The zero-order valence-electron chi connectivity index (χ0n) is 10.2. The van der Waals surface area contributed by atoms with E-state index in [-0.39, 0.29) is 17.7 Å². The van der Waals surface area contributed by atoms with E-state index in [9.17, 15) is 18.0 Å². The molecule has 2 aromatic rings. The van der Waals surface area contributed by atoms with Gasteiger partial charge in [0.2, 0.25) is 0 Å². The van der Waals surface area contributed by atoms with Crippen molar-refractivity contribution in [3.8, 4) is 11.1 Å². The van der Waals surface area contributed by atoms with Crippen LogP contribution in [0.15, 0.2) is 40.2 Å². The molecule has 0 saturated heterocycles. The molecule has 0 amide bonds. The van der Waals surface area contributed by atoms with Gasteiger partial charge in [-0.1, -0.05) is 0 Å². The van der Waals surface area contributed by atoms with Crippen LogP contribution in [0, 0.1) is 0 Å². The predicted molar refractivity (Wildman–Crippen MR) is 68.8 cm³/mol. The number of H-pyrrole nitrogens is 1. The highest BCUT2D eigenvalue weighted by molar-refractivity contribution is 5.94. The van der Waals surface area contributed by atoms with E-state index in [0.29, 0.717) is 11.1 Å². The normalized spacial score (nSPS) is 13.6. The molecule has 0 fully saturated rings. The highest BCUT2D eigenvalue weighted by Gasteiger charge is 2.32. The summed E-state index contributed by atoms with van der Waals surface area (Å²) in [5.74, 6) is 0. The third kappa shape index (κ3) is 2.03. The molecule has 0 bridgehead atoms. The van der Waals surface area contributed by atoms with Crippen LogP contribution in [0.2, 0.25) is 0 Å². The summed E-state index contributed by atoms with van der Waals surface area (Å²) in [6.07, 6.45) is -1.50. The number of nitrogens with one attached hydrogen (secondary N) is 1. The number of hydrogen-bond donors (Lipinski definition) is 1. The van der Waals surface area contributed by atoms with Gasteiger partial charge >= 0.3 is 6.18 Å². The largest absolute Gasteiger partial charge is 0.416 e. The monoisotopic (exact) mass is 278 g/mol. The first kappa shape index (κ1) is 12.7. The number of benzene rings is 1. The minimum Gasteiger partial charge on any atom is -0.329 e. The van der Waals surface area contributed by atoms with Crippen LogP contribution >= 0.6 is 0 Å². The maximum absolute atomic E-state index is 12.9. The van der Waals surface area contributed by atoms with Crippen molar-refractivity contribution >= 4 is 6.21 Å². The summed E-state index contributed by atoms with van der Waals surface area (Å²) >= 11 is 0. The molecule has 0 radical (unpaired) electrons. The van der Waals surface area contributed by atoms with Gasteiger partial charge in [-0.2, -0.15) is 13.2 Å². The quantitative estimate of drug-likeness (QED) is 0.856. The molecule has 3 rings (SSSR count). The number of pyridine rings is 1. The maximum atomic E-state index is 12.9. The van der Waals surface area contributed by atoms with Crippen LogP contribution in [0.1, 0.15) is 16.7 Å². The Labute approximate surface area is 111 Å². The van der Waals surface area contributed by atoms with Gasteiger partial charge < -0.3 is 4.98 Å². The van der Waals surface area contributed by atoms with Crippen LogP contribution in [0.25, 0.3) is 11.1 Å². The predicted octanol–water partition coefficient (Wildman–Crippen LogP) is 2.99. The first-order valence-electron chi connectivity index (χ1n) is 5.89. The molecule has 1 aromatic carbocycles. The molecule has 0 unspecified atom stereocenters. The molecule has 1 N–H and O–H groups in total. The Balaban J connectivity index is 2.30. The van der Waals surface area contributed by atoms with Crippen molar-refractivity contribution in [2.45, 2.75) is 12.7 Å². The lowest BCUT2D eigenvalue weighted by Crippen LogP contribution is -2.11. The average molecular weight is 278 g/mol. The van der Waals surface area contributed by atoms with E-state index in [1.54, 1.807) is 6.07 Å². The maximum Gasteiger partial charge on any atom is 0.416 e. The Morgan fingerprint density at radius 2 is 2.00 bits per heavy atom. The lowest BCUT2D eigenvalue weighted by molar-refractivity contribution is -0.137. The topological polar surface area (TPSA) is 45.2 Å². The second-order valence-electron chi connectivity index (χ2n) is 4.48. The molecular weight excluding hydrogens is 269 g/mol. The SMILES string of the molecule is O=c1[nH]cccc1-c1cc(C(F)(F)F)cc2c1C=NC2. The van der Waals surface area contributed by atoms with Gasteiger partial charge in [0.05, 0.1) is 12.1 Å². The molecule has 20 heavy (non-hydrogen) atoms. The number of aromatic nitrogens is 1. The third-order valence-corrected chi connectivity index (χ3v) is 3.18. The Morgan fingerprint density at radius 3 is 2.70 bits per heavy atom. The molecule has 0 saturated carbocycles. The summed E-state index contributed by atoms with van der Waals surface area (Å²) in [5, 5.41) is 0. The van der Waals surface area contributed by atoms with Gasteiger partial charge in [0.15, 0.2) is 0 Å². The number of nitrogens with zero attached hydrogens (tertiary/aromatic N) is 1. The Hall–Kier alpha value is -2.37.